The summed E-state index contributed by atoms with van der Waals surface area (Å²) in [5.41, 5.74) is 1.42. The van der Waals surface area contributed by atoms with Gasteiger partial charge in [-0.25, -0.2) is 0 Å². The number of aromatic nitrogens is 2. The molecule has 0 aliphatic carbocycles. The Hall–Kier alpha value is -3.20. The highest BCUT2D eigenvalue weighted by molar-refractivity contribution is 7.08. The van der Waals surface area contributed by atoms with Gasteiger partial charge < -0.3 is 14.6 Å². The third kappa shape index (κ3) is 3.54. The molecule has 4 rings (SSSR count). The molecule has 1 aliphatic rings. The van der Waals surface area contributed by atoms with E-state index < -0.39 is 6.10 Å². The second kappa shape index (κ2) is 7.20. The van der Waals surface area contributed by atoms with Crippen molar-refractivity contribution >= 4 is 28.8 Å². The van der Waals surface area contributed by atoms with Crippen LogP contribution in [-0.2, 0) is 16.1 Å². The topological polar surface area (TPSA) is 97.6 Å². The number of para-hydroxylation sites is 2. The lowest BCUT2D eigenvalue weighted by Gasteiger charge is -2.32. The van der Waals surface area contributed by atoms with Crippen LogP contribution in [0.1, 0.15) is 12.7 Å². The van der Waals surface area contributed by atoms with Crippen LogP contribution in [0.4, 0.5) is 5.69 Å². The fourth-order valence-corrected chi connectivity index (χ4v) is 3.36. The van der Waals surface area contributed by atoms with Gasteiger partial charge in [0.25, 0.3) is 11.8 Å². The van der Waals surface area contributed by atoms with Crippen molar-refractivity contribution in [1.82, 2.24) is 15.5 Å². The van der Waals surface area contributed by atoms with Gasteiger partial charge >= 0.3 is 0 Å². The average molecular weight is 384 g/mol. The number of amides is 2. The lowest BCUT2D eigenvalue weighted by atomic mass is 10.2. The minimum Gasteiger partial charge on any atom is -0.479 e. The van der Waals surface area contributed by atoms with Crippen LogP contribution in [0.25, 0.3) is 11.5 Å². The van der Waals surface area contributed by atoms with Crippen LogP contribution in [0.15, 0.2) is 45.6 Å². The molecule has 8 nitrogen and oxygen atoms in total. The number of hydrogen-bond acceptors (Lipinski definition) is 7. The van der Waals surface area contributed by atoms with Gasteiger partial charge in [-0.1, -0.05) is 17.3 Å². The third-order valence-corrected chi connectivity index (χ3v) is 4.74. The smallest absolute Gasteiger partial charge is 0.268 e. The number of carbonyl (C=O) groups excluding carboxylic acids is 2. The molecule has 3 aromatic rings. The molecule has 138 valence electrons. The molecule has 1 aliphatic heterocycles. The molecule has 27 heavy (non-hydrogen) atoms. The largest absolute Gasteiger partial charge is 0.479 e. The number of thiophene rings is 1. The van der Waals surface area contributed by atoms with Crippen LogP contribution < -0.4 is 15.0 Å². The summed E-state index contributed by atoms with van der Waals surface area (Å²) in [5, 5.41) is 10.4. The summed E-state index contributed by atoms with van der Waals surface area (Å²) in [6.45, 7) is 1.66. The monoisotopic (exact) mass is 384 g/mol. The molecule has 1 aromatic carbocycles. The molecule has 0 bridgehead atoms. The summed E-state index contributed by atoms with van der Waals surface area (Å²) in [4.78, 5) is 30.4. The number of carbonyl (C=O) groups is 2. The molecule has 2 aromatic heterocycles. The van der Waals surface area contributed by atoms with Crippen LogP contribution >= 0.6 is 11.3 Å². The fourth-order valence-electron chi connectivity index (χ4n) is 2.73. The van der Waals surface area contributed by atoms with Crippen LogP contribution in [0.2, 0.25) is 0 Å². The lowest BCUT2D eigenvalue weighted by molar-refractivity contribution is -0.128. The van der Waals surface area contributed by atoms with Gasteiger partial charge in [-0.3, -0.25) is 14.5 Å². The second-order valence-electron chi connectivity index (χ2n) is 5.96. The Morgan fingerprint density at radius 2 is 2.19 bits per heavy atom. The van der Waals surface area contributed by atoms with Crippen LogP contribution in [0.5, 0.6) is 5.75 Å². The van der Waals surface area contributed by atoms with Gasteiger partial charge in [0.1, 0.15) is 12.3 Å². The SMILES string of the molecule is CC1Oc2ccccc2N(CC(=O)NCc2noc(-c3ccsc3)n2)C1=O. The van der Waals surface area contributed by atoms with Crippen molar-refractivity contribution in [2.24, 2.45) is 0 Å². The summed E-state index contributed by atoms with van der Waals surface area (Å²) in [6.07, 6.45) is -0.641. The van der Waals surface area contributed by atoms with E-state index in [0.717, 1.165) is 5.56 Å². The van der Waals surface area contributed by atoms with Crippen molar-refractivity contribution in [2.75, 3.05) is 11.4 Å². The third-order valence-electron chi connectivity index (χ3n) is 4.06. The standard InChI is InChI=1S/C18H16N4O4S/c1-11-18(24)22(13-4-2-3-5-14(13)25-11)9-16(23)19-8-15-20-17(26-21-15)12-6-7-27-10-12/h2-7,10-11H,8-9H2,1H3,(H,19,23). The molecule has 0 fully saturated rings. The van der Waals surface area contributed by atoms with E-state index in [2.05, 4.69) is 15.5 Å². The molecular formula is C18H16N4O4S. The molecular weight excluding hydrogens is 368 g/mol. The second-order valence-corrected chi connectivity index (χ2v) is 6.74. The number of ether oxygens (including phenoxy) is 1. The Labute approximate surface area is 158 Å². The molecule has 9 heteroatoms. The van der Waals surface area contributed by atoms with Crippen molar-refractivity contribution in [3.63, 3.8) is 0 Å². The molecule has 0 spiro atoms. The summed E-state index contributed by atoms with van der Waals surface area (Å²) in [5.74, 6) is 0.770. The summed E-state index contributed by atoms with van der Waals surface area (Å²) in [6, 6.07) is 9.01. The quantitative estimate of drug-likeness (QED) is 0.724. The van der Waals surface area contributed by atoms with E-state index >= 15 is 0 Å². The van der Waals surface area contributed by atoms with E-state index in [0.29, 0.717) is 23.2 Å². The number of benzene rings is 1. The maximum absolute atomic E-state index is 12.4. The Morgan fingerprint density at radius 3 is 3.00 bits per heavy atom. The molecule has 1 unspecified atom stereocenters. The number of fused-ring (bicyclic) bond motifs is 1. The molecule has 0 saturated heterocycles. The van der Waals surface area contributed by atoms with E-state index in [9.17, 15) is 9.59 Å². The molecule has 1 N–H and O–H groups in total. The van der Waals surface area contributed by atoms with Gasteiger partial charge in [0.15, 0.2) is 11.9 Å². The Bertz CT molecular complexity index is 969. The highest BCUT2D eigenvalue weighted by Gasteiger charge is 2.32. The first-order valence-corrected chi connectivity index (χ1v) is 9.25. The molecule has 3 heterocycles. The Balaban J connectivity index is 1.40. The van der Waals surface area contributed by atoms with E-state index in [1.807, 2.05) is 22.9 Å². The summed E-state index contributed by atoms with van der Waals surface area (Å²) in [7, 11) is 0. The van der Waals surface area contributed by atoms with Gasteiger partial charge in [-0.05, 0) is 30.5 Å². The van der Waals surface area contributed by atoms with Crippen molar-refractivity contribution in [2.45, 2.75) is 19.6 Å². The van der Waals surface area contributed by atoms with Crippen molar-refractivity contribution in [1.29, 1.82) is 0 Å². The maximum atomic E-state index is 12.4. The number of nitrogens with zero attached hydrogens (tertiary/aromatic N) is 3. The minimum absolute atomic E-state index is 0.112. The maximum Gasteiger partial charge on any atom is 0.268 e. The van der Waals surface area contributed by atoms with Crippen LogP contribution in [0, 0.1) is 0 Å². The first kappa shape index (κ1) is 17.2. The molecule has 0 saturated carbocycles. The van der Waals surface area contributed by atoms with E-state index in [1.165, 1.54) is 16.2 Å². The first-order chi connectivity index (χ1) is 13.1. The van der Waals surface area contributed by atoms with Crippen molar-refractivity contribution < 1.29 is 18.8 Å². The number of hydrogen-bond donors (Lipinski definition) is 1. The van der Waals surface area contributed by atoms with Gasteiger partial charge in [0, 0.05) is 5.38 Å². The predicted octanol–water partition coefficient (Wildman–Crippen LogP) is 2.23. The zero-order valence-corrected chi connectivity index (χ0v) is 15.2. The van der Waals surface area contributed by atoms with Crippen LogP contribution in [-0.4, -0.2) is 34.6 Å². The van der Waals surface area contributed by atoms with Gasteiger partial charge in [-0.15, -0.1) is 0 Å². The van der Waals surface area contributed by atoms with Crippen molar-refractivity contribution in [3.8, 4) is 17.2 Å². The minimum atomic E-state index is -0.641. The van der Waals surface area contributed by atoms with Gasteiger partial charge in [0.05, 0.1) is 17.8 Å². The summed E-state index contributed by atoms with van der Waals surface area (Å²) < 4.78 is 10.8. The van der Waals surface area contributed by atoms with E-state index in [4.69, 9.17) is 9.26 Å². The van der Waals surface area contributed by atoms with E-state index in [1.54, 1.807) is 25.1 Å². The average Bonchev–Trinajstić information content (AvgIpc) is 3.35. The van der Waals surface area contributed by atoms with Gasteiger partial charge in [0.2, 0.25) is 5.91 Å². The fraction of sp³-hybridized carbons (Fsp3) is 0.222. The zero-order chi connectivity index (χ0) is 18.8. The number of rotatable bonds is 5. The zero-order valence-electron chi connectivity index (χ0n) is 14.4. The Kier molecular flexibility index (Phi) is 4.59. The predicted molar refractivity (Wildman–Crippen MR) is 98.3 cm³/mol. The number of anilines is 1. The highest BCUT2D eigenvalue weighted by Crippen LogP contribution is 2.33. The Morgan fingerprint density at radius 1 is 1.33 bits per heavy atom. The summed E-state index contributed by atoms with van der Waals surface area (Å²) >= 11 is 1.53. The highest BCUT2D eigenvalue weighted by atomic mass is 32.1. The van der Waals surface area contributed by atoms with Crippen molar-refractivity contribution in [3.05, 3.63) is 46.9 Å². The van der Waals surface area contributed by atoms with E-state index in [-0.39, 0.29) is 24.9 Å². The number of nitrogens with one attached hydrogen (secondary N) is 1. The molecule has 1 atom stereocenters. The first-order valence-electron chi connectivity index (χ1n) is 8.31. The van der Waals surface area contributed by atoms with Crippen LogP contribution in [0.3, 0.4) is 0 Å². The van der Waals surface area contributed by atoms with Gasteiger partial charge in [-0.2, -0.15) is 16.3 Å². The normalized spacial score (nSPS) is 16.0. The molecule has 0 radical (unpaired) electrons. The lowest BCUT2D eigenvalue weighted by Crippen LogP contribution is -2.48. The molecule has 2 amide bonds.